The van der Waals surface area contributed by atoms with Crippen LogP contribution < -0.4 is 4.90 Å². The zero-order chi connectivity index (χ0) is 18.3. The minimum absolute atomic E-state index is 0.0340. The molecule has 2 aromatic carbocycles. The maximum Gasteiger partial charge on any atom is 0.227 e. The molecule has 1 unspecified atom stereocenters. The van der Waals surface area contributed by atoms with Gasteiger partial charge in [0, 0.05) is 25.4 Å². The van der Waals surface area contributed by atoms with Gasteiger partial charge >= 0.3 is 0 Å². The van der Waals surface area contributed by atoms with E-state index in [0.29, 0.717) is 24.6 Å². The van der Waals surface area contributed by atoms with E-state index >= 15 is 0 Å². The lowest BCUT2D eigenvalue weighted by Crippen LogP contribution is -2.25. The van der Waals surface area contributed by atoms with E-state index in [0.717, 1.165) is 23.4 Å². The number of fused-ring (bicyclic) bond motifs is 1. The van der Waals surface area contributed by atoms with Gasteiger partial charge in [-0.15, -0.1) is 0 Å². The molecule has 0 spiro atoms. The first-order chi connectivity index (χ1) is 12.5. The maximum atomic E-state index is 14.1. The minimum atomic E-state index is -0.364. The largest absolute Gasteiger partial charge is 0.327 e. The van der Waals surface area contributed by atoms with Crippen molar-refractivity contribution in [2.45, 2.75) is 32.7 Å². The molecule has 1 fully saturated rings. The molecule has 0 N–H and O–H groups in total. The summed E-state index contributed by atoms with van der Waals surface area (Å²) in [6, 6.07) is 14.5. The van der Waals surface area contributed by atoms with Crippen molar-refractivity contribution in [1.82, 2.24) is 9.55 Å². The van der Waals surface area contributed by atoms with Crippen LogP contribution in [-0.2, 0) is 11.3 Å². The summed E-state index contributed by atoms with van der Waals surface area (Å²) in [5.74, 6) is 0.937. The van der Waals surface area contributed by atoms with Gasteiger partial charge in [0.2, 0.25) is 5.91 Å². The Morgan fingerprint density at radius 1 is 1.15 bits per heavy atom. The number of hydrogen-bond acceptors (Lipinski definition) is 2. The molecule has 0 radical (unpaired) electrons. The lowest BCUT2D eigenvalue weighted by atomic mass is 10.1. The molecule has 3 aromatic rings. The predicted molar refractivity (Wildman–Crippen MR) is 101 cm³/mol. The van der Waals surface area contributed by atoms with Crippen molar-refractivity contribution in [2.24, 2.45) is 5.92 Å². The smallest absolute Gasteiger partial charge is 0.227 e. The van der Waals surface area contributed by atoms with Gasteiger partial charge in [-0.3, -0.25) is 4.79 Å². The number of hydrogen-bond donors (Lipinski definition) is 0. The second-order valence-corrected chi connectivity index (χ2v) is 7.32. The number of amides is 1. The summed E-state index contributed by atoms with van der Waals surface area (Å²) in [6.07, 6.45) is 0.357. The Bertz CT molecular complexity index is 963. The number of imidazole rings is 1. The van der Waals surface area contributed by atoms with E-state index in [1.165, 1.54) is 6.07 Å². The Kier molecular flexibility index (Phi) is 4.23. The number of benzene rings is 2. The van der Waals surface area contributed by atoms with Crippen LogP contribution in [0.25, 0.3) is 11.0 Å². The molecule has 4 rings (SSSR count). The third-order valence-corrected chi connectivity index (χ3v) is 4.87. The van der Waals surface area contributed by atoms with E-state index in [-0.39, 0.29) is 17.6 Å². The normalized spacial score (nSPS) is 17.6. The quantitative estimate of drug-likeness (QED) is 0.701. The predicted octanol–water partition coefficient (Wildman–Crippen LogP) is 4.35. The van der Waals surface area contributed by atoms with E-state index in [1.807, 2.05) is 18.2 Å². The molecule has 1 amide bonds. The third-order valence-electron chi connectivity index (χ3n) is 4.87. The Morgan fingerprint density at radius 3 is 2.65 bits per heavy atom. The number of rotatable bonds is 4. The van der Waals surface area contributed by atoms with Gasteiger partial charge in [-0.1, -0.05) is 38.1 Å². The van der Waals surface area contributed by atoms with Gasteiger partial charge in [0.1, 0.15) is 11.6 Å². The lowest BCUT2D eigenvalue weighted by molar-refractivity contribution is -0.117. The van der Waals surface area contributed by atoms with Crippen LogP contribution in [-0.4, -0.2) is 22.0 Å². The van der Waals surface area contributed by atoms with Crippen molar-refractivity contribution in [1.29, 1.82) is 0 Å². The molecule has 2 heterocycles. The SMILES string of the molecule is CC(C)Cn1c(C2CC(=O)N(c3ccccc3F)C2)nc2ccccc21. The monoisotopic (exact) mass is 351 g/mol. The fraction of sp³-hybridized carbons (Fsp3) is 0.333. The summed E-state index contributed by atoms with van der Waals surface area (Å²) in [4.78, 5) is 19.0. The molecular formula is C21H22FN3O. The summed E-state index contributed by atoms with van der Waals surface area (Å²) in [7, 11) is 0. The van der Waals surface area contributed by atoms with Gasteiger partial charge < -0.3 is 9.47 Å². The number of carbonyl (C=O) groups is 1. The Labute approximate surface area is 152 Å². The molecule has 1 aliphatic heterocycles. The molecule has 1 aromatic heterocycles. The average Bonchev–Trinajstić information content (AvgIpc) is 3.16. The Morgan fingerprint density at radius 2 is 1.88 bits per heavy atom. The molecule has 1 atom stereocenters. The number of anilines is 1. The highest BCUT2D eigenvalue weighted by atomic mass is 19.1. The van der Waals surface area contributed by atoms with Crippen LogP contribution in [0.5, 0.6) is 0 Å². The van der Waals surface area contributed by atoms with Crippen LogP contribution in [0.1, 0.15) is 32.0 Å². The summed E-state index contributed by atoms with van der Waals surface area (Å²) >= 11 is 0. The fourth-order valence-electron chi connectivity index (χ4n) is 3.75. The highest BCUT2D eigenvalue weighted by Crippen LogP contribution is 2.34. The second-order valence-electron chi connectivity index (χ2n) is 7.32. The molecule has 0 bridgehead atoms. The molecule has 134 valence electrons. The van der Waals surface area contributed by atoms with Crippen LogP contribution in [0.15, 0.2) is 48.5 Å². The Hall–Kier alpha value is -2.69. The van der Waals surface area contributed by atoms with E-state index in [9.17, 15) is 9.18 Å². The molecule has 1 aliphatic rings. The standard InChI is InChI=1S/C21H22FN3O/c1-14(2)12-25-19-10-6-4-8-17(19)23-21(25)15-11-20(26)24(13-15)18-9-5-3-7-16(18)22/h3-10,14-15H,11-13H2,1-2H3. The van der Waals surface area contributed by atoms with Crippen molar-refractivity contribution in [3.63, 3.8) is 0 Å². The first kappa shape index (κ1) is 16.8. The second kappa shape index (κ2) is 6.56. The van der Waals surface area contributed by atoms with Gasteiger partial charge in [0.25, 0.3) is 0 Å². The summed E-state index contributed by atoms with van der Waals surface area (Å²) < 4.78 is 16.4. The number of carbonyl (C=O) groups excluding carboxylic acids is 1. The highest BCUT2D eigenvalue weighted by molar-refractivity contribution is 5.96. The van der Waals surface area contributed by atoms with Crippen LogP contribution in [0.3, 0.4) is 0 Å². The summed E-state index contributed by atoms with van der Waals surface area (Å²) in [5, 5.41) is 0. The zero-order valence-electron chi connectivity index (χ0n) is 15.0. The van der Waals surface area contributed by atoms with Crippen molar-refractivity contribution < 1.29 is 9.18 Å². The minimum Gasteiger partial charge on any atom is -0.327 e. The lowest BCUT2D eigenvalue weighted by Gasteiger charge is -2.18. The van der Waals surface area contributed by atoms with E-state index in [2.05, 4.69) is 24.5 Å². The van der Waals surface area contributed by atoms with Crippen molar-refractivity contribution in [3.8, 4) is 0 Å². The summed E-state index contributed by atoms with van der Waals surface area (Å²) in [5.41, 5.74) is 2.39. The Balaban J connectivity index is 1.72. The third kappa shape index (κ3) is 2.87. The number of aromatic nitrogens is 2. The number of halogens is 1. The first-order valence-electron chi connectivity index (χ1n) is 9.04. The molecular weight excluding hydrogens is 329 g/mol. The van der Waals surface area contributed by atoms with Crippen molar-refractivity contribution >= 4 is 22.6 Å². The average molecular weight is 351 g/mol. The van der Waals surface area contributed by atoms with Gasteiger partial charge in [-0.05, 0) is 30.2 Å². The van der Waals surface area contributed by atoms with Gasteiger partial charge in [-0.2, -0.15) is 0 Å². The molecule has 26 heavy (non-hydrogen) atoms. The molecule has 1 saturated heterocycles. The number of nitrogens with zero attached hydrogens (tertiary/aromatic N) is 3. The van der Waals surface area contributed by atoms with Gasteiger partial charge in [0.05, 0.1) is 16.7 Å². The van der Waals surface area contributed by atoms with E-state index in [1.54, 1.807) is 23.1 Å². The molecule has 0 aliphatic carbocycles. The van der Waals surface area contributed by atoms with E-state index in [4.69, 9.17) is 4.98 Å². The van der Waals surface area contributed by atoms with Crippen LogP contribution in [0.2, 0.25) is 0 Å². The molecule has 5 heteroatoms. The number of para-hydroxylation sites is 3. The van der Waals surface area contributed by atoms with Crippen LogP contribution in [0, 0.1) is 11.7 Å². The topological polar surface area (TPSA) is 38.1 Å². The van der Waals surface area contributed by atoms with Crippen LogP contribution >= 0.6 is 0 Å². The first-order valence-corrected chi connectivity index (χ1v) is 9.04. The molecule has 0 saturated carbocycles. The maximum absolute atomic E-state index is 14.1. The summed E-state index contributed by atoms with van der Waals surface area (Å²) in [6.45, 7) is 5.65. The van der Waals surface area contributed by atoms with Gasteiger partial charge in [0.15, 0.2) is 0 Å². The zero-order valence-corrected chi connectivity index (χ0v) is 15.0. The van der Waals surface area contributed by atoms with Crippen molar-refractivity contribution in [3.05, 3.63) is 60.2 Å². The van der Waals surface area contributed by atoms with Gasteiger partial charge in [-0.25, -0.2) is 9.37 Å². The van der Waals surface area contributed by atoms with Crippen molar-refractivity contribution in [2.75, 3.05) is 11.4 Å². The fourth-order valence-corrected chi connectivity index (χ4v) is 3.75. The van der Waals surface area contributed by atoms with Crippen LogP contribution in [0.4, 0.5) is 10.1 Å². The molecule has 4 nitrogen and oxygen atoms in total. The highest BCUT2D eigenvalue weighted by Gasteiger charge is 2.35. The van der Waals surface area contributed by atoms with E-state index < -0.39 is 0 Å².